The second-order valence-corrected chi connectivity index (χ2v) is 13.5. The number of rotatable bonds is 3. The monoisotopic (exact) mass is 513 g/mol. The maximum absolute atomic E-state index is 12.9. The minimum Gasteiger partial charge on any atom is -0.462 e. The maximum atomic E-state index is 12.9. The third-order valence-corrected chi connectivity index (χ3v) is 11.6. The van der Waals surface area contributed by atoms with Crippen molar-refractivity contribution in [1.29, 1.82) is 0 Å². The van der Waals surface area contributed by atoms with Crippen LogP contribution < -0.4 is 0 Å². The number of likely N-dealkylation sites (tertiary alicyclic amines) is 1. The summed E-state index contributed by atoms with van der Waals surface area (Å²) in [6, 6.07) is 8.53. The van der Waals surface area contributed by atoms with Gasteiger partial charge >= 0.3 is 5.97 Å². The van der Waals surface area contributed by atoms with Crippen molar-refractivity contribution < 1.29 is 9.53 Å². The summed E-state index contributed by atoms with van der Waals surface area (Å²) in [6.45, 7) is 7.08. The highest BCUT2D eigenvalue weighted by molar-refractivity contribution is 5.80. The van der Waals surface area contributed by atoms with Crippen LogP contribution in [0.5, 0.6) is 0 Å². The minimum atomic E-state index is 0.0611. The quantitative estimate of drug-likeness (QED) is 0.338. The summed E-state index contributed by atoms with van der Waals surface area (Å²) in [4.78, 5) is 20.0. The van der Waals surface area contributed by atoms with Crippen LogP contribution in [0.15, 0.2) is 48.3 Å². The van der Waals surface area contributed by atoms with Crippen LogP contribution in [0.25, 0.3) is 16.7 Å². The number of ether oxygens (including phenoxy) is 1. The van der Waals surface area contributed by atoms with E-state index in [0.717, 1.165) is 62.5 Å². The highest BCUT2D eigenvalue weighted by Gasteiger charge is 2.57. The number of aromatic nitrogens is 2. The van der Waals surface area contributed by atoms with Crippen LogP contribution in [0.2, 0.25) is 0 Å². The highest BCUT2D eigenvalue weighted by Crippen LogP contribution is 2.65. The molecule has 2 heterocycles. The van der Waals surface area contributed by atoms with Crippen molar-refractivity contribution in [3.05, 3.63) is 48.3 Å². The molecule has 5 heteroatoms. The zero-order valence-corrected chi connectivity index (χ0v) is 23.4. The van der Waals surface area contributed by atoms with Gasteiger partial charge in [0.1, 0.15) is 12.4 Å². The van der Waals surface area contributed by atoms with E-state index in [9.17, 15) is 4.79 Å². The molecule has 3 fully saturated rings. The van der Waals surface area contributed by atoms with Crippen molar-refractivity contribution >= 4 is 22.7 Å². The van der Waals surface area contributed by atoms with Gasteiger partial charge in [0.25, 0.3) is 0 Å². The van der Waals surface area contributed by atoms with Crippen molar-refractivity contribution in [3.63, 3.8) is 0 Å². The molecule has 0 N–H and O–H groups in total. The topological polar surface area (TPSA) is 47.4 Å². The number of imidazole rings is 1. The second-order valence-electron chi connectivity index (χ2n) is 13.5. The van der Waals surface area contributed by atoms with Crippen LogP contribution in [0, 0.1) is 34.5 Å². The fourth-order valence-corrected chi connectivity index (χ4v) is 9.30. The van der Waals surface area contributed by atoms with Crippen LogP contribution in [0.1, 0.15) is 71.6 Å². The molecule has 1 aliphatic heterocycles. The lowest BCUT2D eigenvalue weighted by Crippen LogP contribution is -2.50. The van der Waals surface area contributed by atoms with Gasteiger partial charge in [0.2, 0.25) is 0 Å². The molecule has 1 saturated heterocycles. The number of hydrogen-bond donors (Lipinski definition) is 0. The molecule has 5 aliphatic rings. The highest BCUT2D eigenvalue weighted by atomic mass is 16.5. The van der Waals surface area contributed by atoms with Gasteiger partial charge in [-0.15, -0.1) is 0 Å². The Morgan fingerprint density at radius 1 is 0.974 bits per heavy atom. The zero-order valence-electron chi connectivity index (χ0n) is 23.4. The van der Waals surface area contributed by atoms with Crippen LogP contribution in [0.4, 0.5) is 0 Å². The average molecular weight is 514 g/mol. The molecule has 0 radical (unpaired) electrons. The summed E-state index contributed by atoms with van der Waals surface area (Å²) in [5, 5.41) is 0. The molecule has 0 spiro atoms. The SMILES string of the molecule is CN1CCC(C(=O)O[C@H]2CC[C@@]3(C)C(=CC[C@@H]4[C@@H]3CC[C@]3(C)C(n5cnc6ccccc65)=CC[C@@H]43)C2)CC1. The molecular formula is C33H43N3O2. The smallest absolute Gasteiger partial charge is 0.309 e. The lowest BCUT2D eigenvalue weighted by molar-refractivity contribution is -0.157. The Labute approximate surface area is 227 Å². The lowest BCUT2D eigenvalue weighted by atomic mass is 9.47. The maximum Gasteiger partial charge on any atom is 0.309 e. The number of benzene rings is 1. The van der Waals surface area contributed by atoms with E-state index >= 15 is 0 Å². The molecule has 1 aromatic heterocycles. The fraction of sp³-hybridized carbons (Fsp3) is 0.636. The predicted molar refractivity (Wildman–Crippen MR) is 151 cm³/mol. The van der Waals surface area contributed by atoms with Crippen LogP contribution in [-0.2, 0) is 9.53 Å². The number of carbonyl (C=O) groups excluding carboxylic acids is 1. The largest absolute Gasteiger partial charge is 0.462 e. The van der Waals surface area contributed by atoms with E-state index in [1.54, 1.807) is 5.57 Å². The number of esters is 1. The van der Waals surface area contributed by atoms with Crippen LogP contribution in [-0.4, -0.2) is 46.7 Å². The number of piperidine rings is 1. The van der Waals surface area contributed by atoms with Crippen molar-refractivity contribution in [2.45, 2.75) is 77.7 Å². The first-order chi connectivity index (χ1) is 18.4. The Bertz CT molecular complexity index is 1300. The van der Waals surface area contributed by atoms with E-state index in [1.165, 1.54) is 36.9 Å². The number of fused-ring (bicyclic) bond motifs is 6. The van der Waals surface area contributed by atoms with Crippen molar-refractivity contribution in [2.75, 3.05) is 20.1 Å². The molecule has 0 bridgehead atoms. The predicted octanol–water partition coefficient (Wildman–Crippen LogP) is 6.70. The molecule has 6 atom stereocenters. The first kappa shape index (κ1) is 24.6. The molecule has 0 amide bonds. The summed E-state index contributed by atoms with van der Waals surface area (Å²) < 4.78 is 8.54. The van der Waals surface area contributed by atoms with Gasteiger partial charge in [0.05, 0.1) is 17.0 Å². The molecular weight excluding hydrogens is 470 g/mol. The standard InChI is InChI=1S/C33H43N3O2/c1-32-16-12-24(38-31(37)22-14-18-35(3)19-15-22)20-23(32)8-9-25-26-10-11-30(33(26,2)17-13-27(25)32)36-21-34-28-6-4-5-7-29(28)36/h4-8,11,21-22,24-27H,9-10,12-20H2,1-3H3/t24-,25-,26-,27-,32-,33-/m0/s1. The van der Waals surface area contributed by atoms with E-state index in [2.05, 4.69) is 66.8 Å². The van der Waals surface area contributed by atoms with E-state index in [-0.39, 0.29) is 28.8 Å². The molecule has 7 rings (SSSR count). The van der Waals surface area contributed by atoms with Crippen molar-refractivity contribution in [1.82, 2.24) is 14.5 Å². The molecule has 0 unspecified atom stereocenters. The lowest BCUT2D eigenvalue weighted by Gasteiger charge is -2.57. The summed E-state index contributed by atoms with van der Waals surface area (Å²) in [5.74, 6) is 2.30. The normalized spacial score (nSPS) is 37.7. The van der Waals surface area contributed by atoms with Gasteiger partial charge in [-0.1, -0.05) is 43.7 Å². The Morgan fingerprint density at radius 3 is 2.61 bits per heavy atom. The molecule has 202 valence electrons. The minimum absolute atomic E-state index is 0.0611. The molecule has 1 aromatic carbocycles. The molecule has 2 saturated carbocycles. The Morgan fingerprint density at radius 2 is 1.76 bits per heavy atom. The van der Waals surface area contributed by atoms with Gasteiger partial charge in [-0.3, -0.25) is 4.79 Å². The Balaban J connectivity index is 1.08. The first-order valence-electron chi connectivity index (χ1n) is 15.1. The molecule has 4 aliphatic carbocycles. The Hall–Kier alpha value is -2.40. The summed E-state index contributed by atoms with van der Waals surface area (Å²) in [5.41, 5.74) is 5.83. The van der Waals surface area contributed by atoms with E-state index in [4.69, 9.17) is 9.72 Å². The van der Waals surface area contributed by atoms with Crippen LogP contribution >= 0.6 is 0 Å². The number of hydrogen-bond acceptors (Lipinski definition) is 4. The van der Waals surface area contributed by atoms with Gasteiger partial charge < -0.3 is 14.2 Å². The number of nitrogens with zero attached hydrogens (tertiary/aromatic N) is 3. The van der Waals surface area contributed by atoms with Crippen LogP contribution in [0.3, 0.4) is 0 Å². The average Bonchev–Trinajstić information content (AvgIpc) is 3.49. The molecule has 38 heavy (non-hydrogen) atoms. The van der Waals surface area contributed by atoms with Gasteiger partial charge in [0.15, 0.2) is 0 Å². The van der Waals surface area contributed by atoms with E-state index in [1.807, 2.05) is 6.33 Å². The van der Waals surface area contributed by atoms with E-state index < -0.39 is 0 Å². The van der Waals surface area contributed by atoms with Gasteiger partial charge in [0, 0.05) is 17.5 Å². The summed E-state index contributed by atoms with van der Waals surface area (Å²) in [6.07, 6.45) is 17.1. The van der Waals surface area contributed by atoms with Gasteiger partial charge in [-0.2, -0.15) is 0 Å². The molecule has 5 nitrogen and oxygen atoms in total. The van der Waals surface area contributed by atoms with Gasteiger partial charge in [-0.25, -0.2) is 4.98 Å². The van der Waals surface area contributed by atoms with Crippen molar-refractivity contribution in [3.8, 4) is 0 Å². The molecule has 2 aromatic rings. The first-order valence-corrected chi connectivity index (χ1v) is 15.1. The van der Waals surface area contributed by atoms with Gasteiger partial charge in [-0.05, 0) is 107 Å². The van der Waals surface area contributed by atoms with Crippen molar-refractivity contribution in [2.24, 2.45) is 34.5 Å². The second kappa shape index (κ2) is 9.08. The Kier molecular flexibility index (Phi) is 5.88. The fourth-order valence-electron chi connectivity index (χ4n) is 9.30. The summed E-state index contributed by atoms with van der Waals surface area (Å²) >= 11 is 0. The third-order valence-electron chi connectivity index (χ3n) is 11.6. The zero-order chi connectivity index (χ0) is 26.1. The third kappa shape index (κ3) is 3.75. The number of allylic oxidation sites excluding steroid dienone is 3. The number of para-hydroxylation sites is 2. The summed E-state index contributed by atoms with van der Waals surface area (Å²) in [7, 11) is 2.14. The van der Waals surface area contributed by atoms with E-state index in [0.29, 0.717) is 5.92 Å². The number of carbonyl (C=O) groups is 1.